The Bertz CT molecular complexity index is 1560. The molecule has 440 valence electrons. The molecule has 0 aliphatic heterocycles. The van der Waals surface area contributed by atoms with Crippen LogP contribution in [0.5, 0.6) is 0 Å². The van der Waals surface area contributed by atoms with Crippen LogP contribution in [0.2, 0.25) is 0 Å². The predicted molar refractivity (Wildman–Crippen MR) is 334 cm³/mol. The molecule has 1 atom stereocenters. The molecule has 0 saturated carbocycles. The van der Waals surface area contributed by atoms with Crippen LogP contribution in [-0.4, -0.2) is 37.2 Å². The van der Waals surface area contributed by atoms with Crippen molar-refractivity contribution in [3.63, 3.8) is 0 Å². The molecule has 0 aliphatic carbocycles. The first kappa shape index (κ1) is 73.1. The number of carbonyl (C=O) groups is 3. The van der Waals surface area contributed by atoms with E-state index in [1.54, 1.807) is 0 Å². The number of esters is 3. The molecular weight excluding hydrogens is 949 g/mol. The number of carbonyl (C=O) groups excluding carboxylic acids is 3. The van der Waals surface area contributed by atoms with Crippen LogP contribution in [0.25, 0.3) is 0 Å². The van der Waals surface area contributed by atoms with Gasteiger partial charge in [-0.05, 0) is 122 Å². The molecule has 6 nitrogen and oxygen atoms in total. The summed E-state index contributed by atoms with van der Waals surface area (Å²) in [6.07, 6.45) is 88.1. The highest BCUT2D eigenvalue weighted by Crippen LogP contribution is 2.16. The van der Waals surface area contributed by atoms with Gasteiger partial charge >= 0.3 is 17.9 Å². The van der Waals surface area contributed by atoms with E-state index >= 15 is 0 Å². The zero-order valence-electron chi connectivity index (χ0n) is 50.4. The predicted octanol–water partition coefficient (Wildman–Crippen LogP) is 22.2. The maximum Gasteiger partial charge on any atom is 0.306 e. The van der Waals surface area contributed by atoms with Crippen LogP contribution in [0.15, 0.2) is 109 Å². The third kappa shape index (κ3) is 62.8. The van der Waals surface area contributed by atoms with Gasteiger partial charge in [0, 0.05) is 19.3 Å². The molecule has 0 amide bonds. The van der Waals surface area contributed by atoms with Crippen LogP contribution in [0.3, 0.4) is 0 Å². The maximum absolute atomic E-state index is 12.9. The zero-order chi connectivity index (χ0) is 55.7. The number of unbranched alkanes of at least 4 members (excludes halogenated alkanes) is 29. The number of rotatable bonds is 58. The first-order valence-electron chi connectivity index (χ1n) is 32.4. The summed E-state index contributed by atoms with van der Waals surface area (Å²) in [7, 11) is 0. The Labute approximate surface area is 476 Å². The van der Waals surface area contributed by atoms with E-state index in [4.69, 9.17) is 14.2 Å². The average molecular weight is 1070 g/mol. The van der Waals surface area contributed by atoms with Crippen LogP contribution >= 0.6 is 0 Å². The summed E-state index contributed by atoms with van der Waals surface area (Å²) in [6.45, 7) is 6.46. The Kier molecular flexibility index (Phi) is 61.3. The van der Waals surface area contributed by atoms with Gasteiger partial charge in [-0.25, -0.2) is 0 Å². The van der Waals surface area contributed by atoms with Crippen molar-refractivity contribution in [2.24, 2.45) is 0 Å². The third-order valence-electron chi connectivity index (χ3n) is 13.7. The first-order chi connectivity index (χ1) is 38.0. The van der Waals surface area contributed by atoms with Crippen LogP contribution in [0.4, 0.5) is 0 Å². The number of hydrogen-bond donors (Lipinski definition) is 0. The van der Waals surface area contributed by atoms with E-state index < -0.39 is 6.10 Å². The van der Waals surface area contributed by atoms with E-state index in [-0.39, 0.29) is 31.1 Å². The monoisotopic (exact) mass is 1070 g/mol. The lowest BCUT2D eigenvalue weighted by atomic mass is 10.1. The minimum atomic E-state index is -0.790. The molecule has 0 radical (unpaired) electrons. The van der Waals surface area contributed by atoms with Gasteiger partial charge < -0.3 is 14.2 Å². The second-order valence-electron chi connectivity index (χ2n) is 21.3. The van der Waals surface area contributed by atoms with Gasteiger partial charge in [-0.1, -0.05) is 271 Å². The molecule has 0 saturated heterocycles. The first-order valence-corrected chi connectivity index (χ1v) is 32.4. The summed E-state index contributed by atoms with van der Waals surface area (Å²) in [5, 5.41) is 0. The highest BCUT2D eigenvalue weighted by atomic mass is 16.6. The molecule has 77 heavy (non-hydrogen) atoms. The van der Waals surface area contributed by atoms with Gasteiger partial charge in [-0.3, -0.25) is 14.4 Å². The van der Waals surface area contributed by atoms with Gasteiger partial charge in [0.15, 0.2) is 6.10 Å². The number of hydrogen-bond acceptors (Lipinski definition) is 6. The SMILES string of the molecule is CC/C=C\C/C=C\C/C=C\C/C=C\C/C=C\C/C=C\CCCCCCCCCCCCC(=O)OCC(COC(=O)CCCCCCC/C=C\C/C=C\CCC)OC(=O)CCCCCCCCC/C=C\CCCCCCCC. The Hall–Kier alpha value is -3.93. The molecule has 0 spiro atoms. The molecule has 0 aliphatic rings. The Balaban J connectivity index is 4.30. The maximum atomic E-state index is 12.9. The van der Waals surface area contributed by atoms with Gasteiger partial charge in [0.25, 0.3) is 0 Å². The van der Waals surface area contributed by atoms with E-state index in [1.807, 2.05) is 0 Å². The van der Waals surface area contributed by atoms with E-state index in [0.29, 0.717) is 19.3 Å². The van der Waals surface area contributed by atoms with E-state index in [0.717, 1.165) is 128 Å². The lowest BCUT2D eigenvalue weighted by Crippen LogP contribution is -2.30. The molecule has 1 unspecified atom stereocenters. The summed E-state index contributed by atoms with van der Waals surface area (Å²) in [6, 6.07) is 0. The van der Waals surface area contributed by atoms with Gasteiger partial charge in [0.1, 0.15) is 13.2 Å². The van der Waals surface area contributed by atoms with Gasteiger partial charge in [-0.15, -0.1) is 0 Å². The third-order valence-corrected chi connectivity index (χ3v) is 13.7. The van der Waals surface area contributed by atoms with E-state index in [1.165, 1.54) is 135 Å². The summed E-state index contributed by atoms with van der Waals surface area (Å²) < 4.78 is 16.9. The minimum absolute atomic E-state index is 0.0864. The fourth-order valence-electron chi connectivity index (χ4n) is 8.89. The Morgan fingerprint density at radius 1 is 0.273 bits per heavy atom. The summed E-state index contributed by atoms with van der Waals surface area (Å²) >= 11 is 0. The highest BCUT2D eigenvalue weighted by molar-refractivity contribution is 5.71. The van der Waals surface area contributed by atoms with Crippen molar-refractivity contribution in [2.75, 3.05) is 13.2 Å². The van der Waals surface area contributed by atoms with Crippen LogP contribution < -0.4 is 0 Å². The topological polar surface area (TPSA) is 78.9 Å². The molecule has 0 N–H and O–H groups in total. The van der Waals surface area contributed by atoms with E-state index in [9.17, 15) is 14.4 Å². The number of ether oxygens (including phenoxy) is 3. The quantitative estimate of drug-likeness (QED) is 0.0261. The lowest BCUT2D eigenvalue weighted by Gasteiger charge is -2.18. The molecule has 0 aromatic heterocycles. The molecular formula is C71H120O6. The van der Waals surface area contributed by atoms with Crippen LogP contribution in [-0.2, 0) is 28.6 Å². The molecule has 0 aromatic carbocycles. The Morgan fingerprint density at radius 3 is 0.857 bits per heavy atom. The van der Waals surface area contributed by atoms with Crippen molar-refractivity contribution in [2.45, 2.75) is 309 Å². The zero-order valence-corrected chi connectivity index (χ0v) is 50.4. The average Bonchev–Trinajstić information content (AvgIpc) is 3.43. The second-order valence-corrected chi connectivity index (χ2v) is 21.3. The Morgan fingerprint density at radius 2 is 0.532 bits per heavy atom. The smallest absolute Gasteiger partial charge is 0.306 e. The van der Waals surface area contributed by atoms with Crippen molar-refractivity contribution in [3.8, 4) is 0 Å². The van der Waals surface area contributed by atoms with Crippen molar-refractivity contribution < 1.29 is 28.6 Å². The van der Waals surface area contributed by atoms with E-state index in [2.05, 4.69) is 130 Å². The molecule has 6 heteroatoms. The van der Waals surface area contributed by atoms with Crippen molar-refractivity contribution >= 4 is 17.9 Å². The largest absolute Gasteiger partial charge is 0.462 e. The number of allylic oxidation sites excluding steroid dienone is 18. The van der Waals surface area contributed by atoms with Gasteiger partial charge in [-0.2, -0.15) is 0 Å². The molecule has 0 heterocycles. The fourth-order valence-corrected chi connectivity index (χ4v) is 8.89. The second kappa shape index (κ2) is 64.6. The lowest BCUT2D eigenvalue weighted by molar-refractivity contribution is -0.167. The molecule has 0 rings (SSSR count). The summed E-state index contributed by atoms with van der Waals surface area (Å²) in [5.41, 5.74) is 0. The molecule has 0 fully saturated rings. The van der Waals surface area contributed by atoms with Crippen molar-refractivity contribution in [1.29, 1.82) is 0 Å². The van der Waals surface area contributed by atoms with Crippen molar-refractivity contribution in [3.05, 3.63) is 109 Å². The normalized spacial score (nSPS) is 12.8. The molecule has 0 bridgehead atoms. The molecule has 0 aromatic rings. The van der Waals surface area contributed by atoms with Gasteiger partial charge in [0.2, 0.25) is 0 Å². The summed E-state index contributed by atoms with van der Waals surface area (Å²) in [5.74, 6) is -0.902. The van der Waals surface area contributed by atoms with Crippen molar-refractivity contribution in [1.82, 2.24) is 0 Å². The fraction of sp³-hybridized carbons (Fsp3) is 0.704. The minimum Gasteiger partial charge on any atom is -0.462 e. The summed E-state index contributed by atoms with van der Waals surface area (Å²) in [4.78, 5) is 38.3. The standard InChI is InChI=1S/C71H120O6/c1-4-7-10-13-16-19-22-25-27-29-30-31-32-33-34-35-36-37-38-39-40-42-43-46-49-52-55-58-61-64-70(73)76-67-68(66-75-69(72)63-60-57-54-51-48-45-24-21-18-15-12-9-6-3)77-71(74)65-62-59-56-53-50-47-44-41-28-26-23-20-17-14-11-8-5-2/h7,10,12,15-16,19,21,24-28,30-31,33-34,36-37,68H,4-6,8-9,11,13-14,17-18,20,22-23,29,32,35,38-67H2,1-3H3/b10-7-,15-12-,19-16-,24-21-,27-25-,28-26-,31-30-,34-33-,37-36-. The van der Waals surface area contributed by atoms with Gasteiger partial charge in [0.05, 0.1) is 0 Å². The van der Waals surface area contributed by atoms with Crippen LogP contribution in [0, 0.1) is 0 Å². The highest BCUT2D eigenvalue weighted by Gasteiger charge is 2.19. The van der Waals surface area contributed by atoms with Crippen LogP contribution in [0.1, 0.15) is 303 Å².